The number of carbonyl (C=O) groups is 1. The van der Waals surface area contributed by atoms with Gasteiger partial charge < -0.3 is 10.6 Å². The molecule has 1 aliphatic rings. The molecule has 1 fully saturated rings. The van der Waals surface area contributed by atoms with E-state index in [0.717, 1.165) is 12.4 Å². The summed E-state index contributed by atoms with van der Waals surface area (Å²) in [5.41, 5.74) is 6.71. The van der Waals surface area contributed by atoms with Gasteiger partial charge in [0.05, 0.1) is 0 Å². The van der Waals surface area contributed by atoms with Crippen LogP contribution in [-0.2, 0) is 6.54 Å². The first-order valence-corrected chi connectivity index (χ1v) is 8.18. The van der Waals surface area contributed by atoms with Gasteiger partial charge in [-0.15, -0.1) is 10.2 Å². The van der Waals surface area contributed by atoms with Crippen molar-refractivity contribution in [2.45, 2.75) is 44.7 Å². The predicted octanol–water partition coefficient (Wildman–Crippen LogP) is 2.91. The van der Waals surface area contributed by atoms with Crippen LogP contribution in [0, 0.1) is 0 Å². The number of nitrogens with two attached hydrogens (primary N) is 1. The normalized spacial score (nSPS) is 15.3. The summed E-state index contributed by atoms with van der Waals surface area (Å²) in [6, 6.07) is 14.4. The summed E-state index contributed by atoms with van der Waals surface area (Å²) in [7, 11) is 0. The van der Waals surface area contributed by atoms with Crippen LogP contribution >= 0.6 is 0 Å². The van der Waals surface area contributed by atoms with Crippen molar-refractivity contribution in [3.05, 3.63) is 53.7 Å². The summed E-state index contributed by atoms with van der Waals surface area (Å²) in [5.74, 6) is 0.266. The number of amides is 1. The number of hydrogen-bond acceptors (Lipinski definition) is 4. The second-order valence-corrected chi connectivity index (χ2v) is 6.05. The molecule has 0 saturated heterocycles. The van der Waals surface area contributed by atoms with E-state index in [9.17, 15) is 4.79 Å². The minimum atomic E-state index is -0.545. The molecule has 0 radical (unpaired) electrons. The van der Waals surface area contributed by atoms with Crippen molar-refractivity contribution in [1.82, 2.24) is 10.2 Å². The highest BCUT2D eigenvalue weighted by Gasteiger charge is 2.23. The average Bonchev–Trinajstić information content (AvgIpc) is 2.61. The molecule has 0 atom stereocenters. The van der Waals surface area contributed by atoms with E-state index in [1.54, 1.807) is 6.07 Å². The van der Waals surface area contributed by atoms with E-state index in [4.69, 9.17) is 5.73 Å². The molecule has 1 amide bonds. The molecule has 5 heteroatoms. The zero-order chi connectivity index (χ0) is 16.1. The molecule has 0 aliphatic heterocycles. The van der Waals surface area contributed by atoms with Gasteiger partial charge in [-0.2, -0.15) is 0 Å². The Kier molecular flexibility index (Phi) is 4.86. The molecular weight excluding hydrogens is 288 g/mol. The molecule has 0 unspecified atom stereocenters. The molecule has 5 nitrogen and oxygen atoms in total. The van der Waals surface area contributed by atoms with Crippen LogP contribution in [0.15, 0.2) is 42.5 Å². The third kappa shape index (κ3) is 3.86. The summed E-state index contributed by atoms with van der Waals surface area (Å²) in [4.78, 5) is 13.5. The zero-order valence-corrected chi connectivity index (χ0v) is 13.2. The second kappa shape index (κ2) is 7.22. The van der Waals surface area contributed by atoms with Crippen LogP contribution in [0.3, 0.4) is 0 Å². The fraction of sp³-hybridized carbons (Fsp3) is 0.389. The molecule has 1 heterocycles. The molecule has 1 aromatic carbocycles. The lowest BCUT2D eigenvalue weighted by atomic mass is 9.94. The van der Waals surface area contributed by atoms with Gasteiger partial charge in [-0.25, -0.2) is 0 Å². The summed E-state index contributed by atoms with van der Waals surface area (Å²) < 4.78 is 0. The van der Waals surface area contributed by atoms with Gasteiger partial charge in [-0.1, -0.05) is 49.6 Å². The molecule has 3 rings (SSSR count). The van der Waals surface area contributed by atoms with Gasteiger partial charge in [-0.3, -0.25) is 4.79 Å². The first-order chi connectivity index (χ1) is 11.2. The number of hydrogen-bond donors (Lipinski definition) is 1. The third-order valence-electron chi connectivity index (χ3n) is 4.41. The van der Waals surface area contributed by atoms with Gasteiger partial charge in [0.1, 0.15) is 0 Å². The van der Waals surface area contributed by atoms with Crippen molar-refractivity contribution < 1.29 is 4.79 Å². The molecule has 1 aromatic heterocycles. The van der Waals surface area contributed by atoms with Crippen LogP contribution in [0.25, 0.3) is 0 Å². The van der Waals surface area contributed by atoms with Crippen molar-refractivity contribution in [1.29, 1.82) is 0 Å². The highest BCUT2D eigenvalue weighted by Crippen LogP contribution is 2.27. The molecule has 2 N–H and O–H groups in total. The quantitative estimate of drug-likeness (QED) is 0.921. The van der Waals surface area contributed by atoms with E-state index in [0.29, 0.717) is 6.04 Å². The monoisotopic (exact) mass is 310 g/mol. The highest BCUT2D eigenvalue weighted by atomic mass is 16.1. The Morgan fingerprint density at radius 3 is 2.39 bits per heavy atom. The van der Waals surface area contributed by atoms with Gasteiger partial charge >= 0.3 is 0 Å². The van der Waals surface area contributed by atoms with Gasteiger partial charge in [0.15, 0.2) is 11.5 Å². The summed E-state index contributed by atoms with van der Waals surface area (Å²) in [6.07, 6.45) is 6.16. The molecule has 0 bridgehead atoms. The number of anilines is 1. The van der Waals surface area contributed by atoms with Crippen LogP contribution in [-0.4, -0.2) is 22.1 Å². The fourth-order valence-corrected chi connectivity index (χ4v) is 3.18. The van der Waals surface area contributed by atoms with Gasteiger partial charge in [0.25, 0.3) is 5.91 Å². The van der Waals surface area contributed by atoms with E-state index >= 15 is 0 Å². The van der Waals surface area contributed by atoms with Crippen molar-refractivity contribution in [2.75, 3.05) is 4.90 Å². The highest BCUT2D eigenvalue weighted by molar-refractivity contribution is 5.90. The Morgan fingerprint density at radius 1 is 1.04 bits per heavy atom. The number of benzene rings is 1. The summed E-state index contributed by atoms with van der Waals surface area (Å²) in [5, 5.41) is 8.22. The Balaban J connectivity index is 1.85. The average molecular weight is 310 g/mol. The van der Waals surface area contributed by atoms with Crippen molar-refractivity contribution in [2.24, 2.45) is 5.73 Å². The fourth-order valence-electron chi connectivity index (χ4n) is 3.18. The van der Waals surface area contributed by atoms with Crippen LogP contribution in [0.2, 0.25) is 0 Å². The SMILES string of the molecule is NC(=O)c1ccc(N(Cc2ccccc2)C2CCCCC2)nn1. The van der Waals surface area contributed by atoms with Crippen LogP contribution in [0.5, 0.6) is 0 Å². The van der Waals surface area contributed by atoms with Crippen LogP contribution in [0.1, 0.15) is 48.2 Å². The molecule has 1 saturated carbocycles. The molecule has 0 spiro atoms. The summed E-state index contributed by atoms with van der Waals surface area (Å²) >= 11 is 0. The summed E-state index contributed by atoms with van der Waals surface area (Å²) in [6.45, 7) is 0.802. The molecular formula is C18H22N4O. The van der Waals surface area contributed by atoms with E-state index in [1.165, 1.54) is 37.7 Å². The topological polar surface area (TPSA) is 72.1 Å². The minimum absolute atomic E-state index is 0.206. The number of aromatic nitrogens is 2. The van der Waals surface area contributed by atoms with Crippen molar-refractivity contribution >= 4 is 11.7 Å². The molecule has 120 valence electrons. The maximum absolute atomic E-state index is 11.2. The van der Waals surface area contributed by atoms with E-state index in [2.05, 4.69) is 39.4 Å². The molecule has 23 heavy (non-hydrogen) atoms. The van der Waals surface area contributed by atoms with Gasteiger partial charge in [-0.05, 0) is 30.5 Å². The van der Waals surface area contributed by atoms with Crippen LogP contribution in [0.4, 0.5) is 5.82 Å². The maximum Gasteiger partial charge on any atom is 0.269 e. The van der Waals surface area contributed by atoms with E-state index in [1.807, 2.05) is 12.1 Å². The Morgan fingerprint density at radius 2 is 1.78 bits per heavy atom. The van der Waals surface area contributed by atoms with Gasteiger partial charge in [0, 0.05) is 12.6 Å². The second-order valence-electron chi connectivity index (χ2n) is 6.05. The van der Waals surface area contributed by atoms with E-state index in [-0.39, 0.29) is 5.69 Å². The number of nitrogens with zero attached hydrogens (tertiary/aromatic N) is 3. The Bertz CT molecular complexity index is 636. The smallest absolute Gasteiger partial charge is 0.269 e. The van der Waals surface area contributed by atoms with Crippen molar-refractivity contribution in [3.8, 4) is 0 Å². The van der Waals surface area contributed by atoms with Crippen LogP contribution < -0.4 is 10.6 Å². The van der Waals surface area contributed by atoms with Crippen molar-refractivity contribution in [3.63, 3.8) is 0 Å². The lowest BCUT2D eigenvalue weighted by Gasteiger charge is -2.35. The lowest BCUT2D eigenvalue weighted by molar-refractivity contribution is 0.0994. The number of primary amides is 1. The standard InChI is InChI=1S/C18H22N4O/c19-18(23)16-11-12-17(21-20-16)22(15-9-5-2-6-10-15)13-14-7-3-1-4-8-14/h1,3-4,7-8,11-12,15H,2,5-6,9-10,13H2,(H2,19,23). The largest absolute Gasteiger partial charge is 0.364 e. The van der Waals surface area contributed by atoms with E-state index < -0.39 is 5.91 Å². The first-order valence-electron chi connectivity index (χ1n) is 8.18. The maximum atomic E-state index is 11.2. The number of carbonyl (C=O) groups excluding carboxylic acids is 1. The zero-order valence-electron chi connectivity index (χ0n) is 13.2. The lowest BCUT2D eigenvalue weighted by Crippen LogP contribution is -2.37. The first kappa shape index (κ1) is 15.5. The third-order valence-corrected chi connectivity index (χ3v) is 4.41. The number of rotatable bonds is 5. The molecule has 2 aromatic rings. The van der Waals surface area contributed by atoms with Gasteiger partial charge in [0.2, 0.25) is 0 Å². The Hall–Kier alpha value is -2.43. The minimum Gasteiger partial charge on any atom is -0.364 e. The Labute approximate surface area is 136 Å². The molecule has 1 aliphatic carbocycles. The predicted molar refractivity (Wildman–Crippen MR) is 90.0 cm³/mol.